The number of benzene rings is 1. The summed E-state index contributed by atoms with van der Waals surface area (Å²) in [5, 5.41) is 9.59. The molecular weight excluding hydrogens is 230 g/mol. The molecule has 0 aliphatic heterocycles. The van der Waals surface area contributed by atoms with Crippen molar-refractivity contribution in [1.82, 2.24) is 0 Å². The fourth-order valence-electron chi connectivity index (χ4n) is 1.78. The highest BCUT2D eigenvalue weighted by molar-refractivity contribution is 7.99. The van der Waals surface area contributed by atoms with Crippen molar-refractivity contribution >= 4 is 11.8 Å². The van der Waals surface area contributed by atoms with E-state index in [-0.39, 0.29) is 6.61 Å². The van der Waals surface area contributed by atoms with Crippen LogP contribution in [0.15, 0.2) is 24.3 Å². The maximum absolute atomic E-state index is 9.14. The molecule has 1 aromatic rings. The third-order valence-corrected chi connectivity index (χ3v) is 4.11. The number of aryl methyl sites for hydroxylation is 1. The van der Waals surface area contributed by atoms with E-state index in [1.807, 2.05) is 18.7 Å². The van der Waals surface area contributed by atoms with Gasteiger partial charge in [-0.3, -0.25) is 0 Å². The highest BCUT2D eigenvalue weighted by Crippen LogP contribution is 2.24. The third kappa shape index (κ3) is 5.11. The lowest BCUT2D eigenvalue weighted by Crippen LogP contribution is -2.42. The van der Waals surface area contributed by atoms with Crippen LogP contribution < -0.4 is 5.73 Å². The van der Waals surface area contributed by atoms with Crippen molar-refractivity contribution in [2.75, 3.05) is 6.61 Å². The van der Waals surface area contributed by atoms with Crippen molar-refractivity contribution in [3.63, 3.8) is 0 Å². The van der Waals surface area contributed by atoms with E-state index in [4.69, 9.17) is 10.8 Å². The van der Waals surface area contributed by atoms with Gasteiger partial charge in [-0.25, -0.2) is 0 Å². The summed E-state index contributed by atoms with van der Waals surface area (Å²) in [6.45, 7) is 6.26. The molecule has 3 heteroatoms. The fourth-order valence-corrected chi connectivity index (χ4v) is 3.07. The number of hydrogen-bond acceptors (Lipinski definition) is 3. The van der Waals surface area contributed by atoms with Gasteiger partial charge in [0, 0.05) is 16.5 Å². The van der Waals surface area contributed by atoms with Gasteiger partial charge in [-0.05, 0) is 31.4 Å². The maximum Gasteiger partial charge on any atom is 0.0608 e. The molecule has 0 saturated carbocycles. The van der Waals surface area contributed by atoms with Crippen molar-refractivity contribution < 1.29 is 5.11 Å². The largest absolute Gasteiger partial charge is 0.394 e. The van der Waals surface area contributed by atoms with Crippen molar-refractivity contribution in [2.24, 2.45) is 5.73 Å². The number of thioether (sulfide) groups is 1. The van der Waals surface area contributed by atoms with E-state index in [0.29, 0.717) is 5.25 Å². The standard InChI is InChI=1S/C14H23NOS/c1-11-6-4-5-7-13(11)9-17-12(2)8-14(3,15)10-16/h4-7,12,16H,8-10,15H2,1-3H3. The molecule has 1 rings (SSSR count). The Labute approximate surface area is 109 Å². The second-order valence-electron chi connectivity index (χ2n) is 5.06. The van der Waals surface area contributed by atoms with Gasteiger partial charge in [-0.1, -0.05) is 31.2 Å². The Balaban J connectivity index is 2.44. The first-order valence-corrected chi connectivity index (χ1v) is 7.05. The molecule has 1 aromatic carbocycles. The van der Waals surface area contributed by atoms with Gasteiger partial charge in [0.2, 0.25) is 0 Å². The summed E-state index contributed by atoms with van der Waals surface area (Å²) in [5.41, 5.74) is 8.21. The molecule has 2 unspecified atom stereocenters. The van der Waals surface area contributed by atoms with Crippen LogP contribution in [0.4, 0.5) is 0 Å². The van der Waals surface area contributed by atoms with Crippen LogP contribution in [0.3, 0.4) is 0 Å². The minimum Gasteiger partial charge on any atom is -0.394 e. The molecule has 0 amide bonds. The Morgan fingerprint density at radius 3 is 2.65 bits per heavy atom. The van der Waals surface area contributed by atoms with Gasteiger partial charge in [0.05, 0.1) is 6.61 Å². The number of rotatable bonds is 6. The Kier molecular flexibility index (Phi) is 5.50. The summed E-state index contributed by atoms with van der Waals surface area (Å²) in [6, 6.07) is 8.45. The van der Waals surface area contributed by atoms with Crippen LogP contribution in [0.25, 0.3) is 0 Å². The van der Waals surface area contributed by atoms with Gasteiger partial charge in [-0.2, -0.15) is 11.8 Å². The molecule has 0 fully saturated rings. The molecule has 17 heavy (non-hydrogen) atoms. The minimum atomic E-state index is -0.460. The van der Waals surface area contributed by atoms with Gasteiger partial charge in [-0.15, -0.1) is 0 Å². The van der Waals surface area contributed by atoms with Gasteiger partial charge >= 0.3 is 0 Å². The van der Waals surface area contributed by atoms with E-state index in [1.54, 1.807) is 0 Å². The van der Waals surface area contributed by atoms with Crippen molar-refractivity contribution in [2.45, 2.75) is 43.7 Å². The van der Waals surface area contributed by atoms with Crippen molar-refractivity contribution in [1.29, 1.82) is 0 Å². The highest BCUT2D eigenvalue weighted by Gasteiger charge is 2.20. The van der Waals surface area contributed by atoms with E-state index in [9.17, 15) is 0 Å². The molecule has 96 valence electrons. The molecule has 3 N–H and O–H groups in total. The second-order valence-corrected chi connectivity index (χ2v) is 6.49. The number of hydrogen-bond donors (Lipinski definition) is 2. The lowest BCUT2D eigenvalue weighted by atomic mass is 9.99. The SMILES string of the molecule is Cc1ccccc1CSC(C)CC(C)(N)CO. The topological polar surface area (TPSA) is 46.2 Å². The van der Waals surface area contributed by atoms with Gasteiger partial charge in [0.1, 0.15) is 0 Å². The highest BCUT2D eigenvalue weighted by atomic mass is 32.2. The second kappa shape index (κ2) is 6.43. The first-order chi connectivity index (χ1) is 7.94. The lowest BCUT2D eigenvalue weighted by molar-refractivity contribution is 0.201. The summed E-state index contributed by atoms with van der Waals surface area (Å²) < 4.78 is 0. The van der Waals surface area contributed by atoms with Crippen LogP contribution in [0.1, 0.15) is 31.4 Å². The fraction of sp³-hybridized carbons (Fsp3) is 0.571. The Hall–Kier alpha value is -0.510. The third-order valence-electron chi connectivity index (χ3n) is 2.90. The van der Waals surface area contributed by atoms with E-state index < -0.39 is 5.54 Å². The van der Waals surface area contributed by atoms with Crippen LogP contribution in [0, 0.1) is 6.92 Å². The zero-order chi connectivity index (χ0) is 12.9. The quantitative estimate of drug-likeness (QED) is 0.819. The molecule has 2 atom stereocenters. The molecule has 2 nitrogen and oxygen atoms in total. The van der Waals surface area contributed by atoms with Crippen LogP contribution in [-0.4, -0.2) is 22.5 Å². The monoisotopic (exact) mass is 253 g/mol. The normalized spacial score (nSPS) is 16.5. The predicted octanol–water partition coefficient (Wildman–Crippen LogP) is 2.72. The van der Waals surface area contributed by atoms with E-state index in [2.05, 4.69) is 38.1 Å². The summed E-state index contributed by atoms with van der Waals surface area (Å²) in [6.07, 6.45) is 0.833. The first kappa shape index (κ1) is 14.6. The molecule has 0 heterocycles. The summed E-state index contributed by atoms with van der Waals surface area (Å²) in [4.78, 5) is 0. The molecule has 0 bridgehead atoms. The van der Waals surface area contributed by atoms with Gasteiger partial charge < -0.3 is 10.8 Å². The summed E-state index contributed by atoms with van der Waals surface area (Å²) in [5.74, 6) is 1.01. The molecule has 0 aromatic heterocycles. The Bertz CT molecular complexity index is 352. The number of aliphatic hydroxyl groups excluding tert-OH is 1. The smallest absolute Gasteiger partial charge is 0.0608 e. The molecular formula is C14H23NOS. The summed E-state index contributed by atoms with van der Waals surface area (Å²) >= 11 is 1.89. The van der Waals surface area contributed by atoms with Crippen LogP contribution in [0.2, 0.25) is 0 Å². The van der Waals surface area contributed by atoms with Crippen LogP contribution >= 0.6 is 11.8 Å². The Morgan fingerprint density at radius 1 is 1.41 bits per heavy atom. The zero-order valence-electron chi connectivity index (χ0n) is 10.9. The average Bonchev–Trinajstić information content (AvgIpc) is 2.27. The molecule has 0 aliphatic carbocycles. The zero-order valence-corrected chi connectivity index (χ0v) is 11.8. The average molecular weight is 253 g/mol. The van der Waals surface area contributed by atoms with Crippen molar-refractivity contribution in [3.05, 3.63) is 35.4 Å². The Morgan fingerprint density at radius 2 is 2.06 bits per heavy atom. The number of aliphatic hydroxyl groups is 1. The minimum absolute atomic E-state index is 0.0439. The van der Waals surface area contributed by atoms with Crippen LogP contribution in [0.5, 0.6) is 0 Å². The van der Waals surface area contributed by atoms with E-state index in [1.165, 1.54) is 11.1 Å². The molecule has 0 saturated heterocycles. The summed E-state index contributed by atoms with van der Waals surface area (Å²) in [7, 11) is 0. The van der Waals surface area contributed by atoms with E-state index >= 15 is 0 Å². The molecule has 0 radical (unpaired) electrons. The molecule has 0 spiro atoms. The number of nitrogens with two attached hydrogens (primary N) is 1. The van der Waals surface area contributed by atoms with Gasteiger partial charge in [0.15, 0.2) is 0 Å². The van der Waals surface area contributed by atoms with Gasteiger partial charge in [0.25, 0.3) is 0 Å². The van der Waals surface area contributed by atoms with Crippen LogP contribution in [-0.2, 0) is 5.75 Å². The molecule has 0 aliphatic rings. The predicted molar refractivity (Wildman–Crippen MR) is 76.2 cm³/mol. The maximum atomic E-state index is 9.14. The van der Waals surface area contributed by atoms with Crippen molar-refractivity contribution in [3.8, 4) is 0 Å². The lowest BCUT2D eigenvalue weighted by Gasteiger charge is -2.25. The van der Waals surface area contributed by atoms with E-state index in [0.717, 1.165) is 12.2 Å². The first-order valence-electron chi connectivity index (χ1n) is 6.00.